The molecule has 1 atom stereocenters. The standard InChI is InChI=1S/C19H24N2S/c1-13-3-2-4-15-11-16(5-6-17(13)15)18-12-22-19(21-18)14-7-9-20-10-8-14/h5-6,11-14,20H,2-4,7-10H2,1H3/t13-/m0/s1. The van der Waals surface area contributed by atoms with Gasteiger partial charge < -0.3 is 5.32 Å². The molecule has 0 spiro atoms. The first kappa shape index (κ1) is 14.4. The first-order valence-corrected chi connectivity index (χ1v) is 9.48. The summed E-state index contributed by atoms with van der Waals surface area (Å²) in [7, 11) is 0. The Balaban J connectivity index is 1.61. The Kier molecular flexibility index (Phi) is 4.01. The number of aromatic nitrogens is 1. The van der Waals surface area contributed by atoms with Crippen LogP contribution < -0.4 is 5.32 Å². The molecule has 2 aromatic rings. The average Bonchev–Trinajstić information content (AvgIpc) is 3.06. The van der Waals surface area contributed by atoms with Crippen LogP contribution in [-0.4, -0.2) is 18.1 Å². The maximum absolute atomic E-state index is 4.96. The third-order valence-electron chi connectivity index (χ3n) is 5.26. The highest BCUT2D eigenvalue weighted by atomic mass is 32.1. The summed E-state index contributed by atoms with van der Waals surface area (Å²) in [6.07, 6.45) is 6.36. The van der Waals surface area contributed by atoms with Gasteiger partial charge in [-0.1, -0.05) is 19.1 Å². The zero-order valence-corrected chi connectivity index (χ0v) is 14.1. The number of piperidine rings is 1. The largest absolute Gasteiger partial charge is 0.317 e. The van der Waals surface area contributed by atoms with Gasteiger partial charge in [0.05, 0.1) is 10.7 Å². The Labute approximate surface area is 137 Å². The summed E-state index contributed by atoms with van der Waals surface area (Å²) in [6, 6.07) is 7.02. The molecule has 0 amide bonds. The Morgan fingerprint density at radius 2 is 2.05 bits per heavy atom. The first-order chi connectivity index (χ1) is 10.8. The molecule has 1 fully saturated rings. The fourth-order valence-corrected chi connectivity index (χ4v) is 4.89. The van der Waals surface area contributed by atoms with E-state index in [0.29, 0.717) is 5.92 Å². The lowest BCUT2D eigenvalue weighted by Gasteiger charge is -2.22. The lowest BCUT2D eigenvalue weighted by molar-refractivity contribution is 0.459. The minimum atomic E-state index is 0.664. The summed E-state index contributed by atoms with van der Waals surface area (Å²) in [5.74, 6) is 1.39. The molecule has 4 rings (SSSR count). The Morgan fingerprint density at radius 1 is 1.18 bits per heavy atom. The van der Waals surface area contributed by atoms with Crippen LogP contribution in [-0.2, 0) is 6.42 Å². The molecule has 116 valence electrons. The number of thiazole rings is 1. The lowest BCUT2D eigenvalue weighted by atomic mass is 9.83. The second-order valence-electron chi connectivity index (χ2n) is 6.80. The van der Waals surface area contributed by atoms with Gasteiger partial charge in [-0.2, -0.15) is 0 Å². The number of hydrogen-bond acceptors (Lipinski definition) is 3. The third-order valence-corrected chi connectivity index (χ3v) is 6.27. The Bertz CT molecular complexity index is 655. The van der Waals surface area contributed by atoms with Crippen molar-refractivity contribution in [1.82, 2.24) is 10.3 Å². The number of benzene rings is 1. The minimum absolute atomic E-state index is 0.664. The second-order valence-corrected chi connectivity index (χ2v) is 7.69. The summed E-state index contributed by atoms with van der Waals surface area (Å²) in [4.78, 5) is 4.96. The van der Waals surface area contributed by atoms with Gasteiger partial charge in [0.15, 0.2) is 0 Å². The van der Waals surface area contributed by atoms with Gasteiger partial charge in [-0.15, -0.1) is 11.3 Å². The fourth-order valence-electron chi connectivity index (χ4n) is 3.89. The molecule has 2 heterocycles. The number of nitrogens with zero attached hydrogens (tertiary/aromatic N) is 1. The van der Waals surface area contributed by atoms with E-state index in [2.05, 4.69) is 35.8 Å². The van der Waals surface area contributed by atoms with E-state index in [9.17, 15) is 0 Å². The molecular formula is C19H24N2S. The molecule has 1 aromatic carbocycles. The number of fused-ring (bicyclic) bond motifs is 1. The molecule has 1 aromatic heterocycles. The fraction of sp³-hybridized carbons (Fsp3) is 0.526. The van der Waals surface area contributed by atoms with E-state index in [4.69, 9.17) is 4.98 Å². The van der Waals surface area contributed by atoms with Gasteiger partial charge in [-0.25, -0.2) is 4.98 Å². The Morgan fingerprint density at radius 3 is 2.91 bits per heavy atom. The zero-order valence-electron chi connectivity index (χ0n) is 13.3. The Hall–Kier alpha value is -1.19. The van der Waals surface area contributed by atoms with Crippen LogP contribution in [0.15, 0.2) is 23.6 Å². The third kappa shape index (κ3) is 2.72. The van der Waals surface area contributed by atoms with Gasteiger partial charge in [0, 0.05) is 16.9 Å². The smallest absolute Gasteiger partial charge is 0.0964 e. The van der Waals surface area contributed by atoms with Crippen molar-refractivity contribution in [2.75, 3.05) is 13.1 Å². The van der Waals surface area contributed by atoms with E-state index >= 15 is 0 Å². The quantitative estimate of drug-likeness (QED) is 0.868. The molecule has 2 aliphatic rings. The van der Waals surface area contributed by atoms with E-state index in [1.165, 1.54) is 48.4 Å². The summed E-state index contributed by atoms with van der Waals surface area (Å²) in [5.41, 5.74) is 5.60. The van der Waals surface area contributed by atoms with Gasteiger partial charge in [0.25, 0.3) is 0 Å². The average molecular weight is 312 g/mol. The van der Waals surface area contributed by atoms with E-state index in [0.717, 1.165) is 19.0 Å². The predicted molar refractivity (Wildman–Crippen MR) is 93.7 cm³/mol. The van der Waals surface area contributed by atoms with Crippen LogP contribution in [0.5, 0.6) is 0 Å². The van der Waals surface area contributed by atoms with Crippen molar-refractivity contribution in [1.29, 1.82) is 0 Å². The molecule has 0 saturated carbocycles. The van der Waals surface area contributed by atoms with E-state index in [1.54, 1.807) is 11.1 Å². The summed E-state index contributed by atoms with van der Waals surface area (Å²) in [6.45, 7) is 4.63. The van der Waals surface area contributed by atoms with Crippen molar-refractivity contribution < 1.29 is 0 Å². The molecule has 1 saturated heterocycles. The van der Waals surface area contributed by atoms with Gasteiger partial charge in [0.2, 0.25) is 0 Å². The summed E-state index contributed by atoms with van der Waals surface area (Å²) >= 11 is 1.85. The van der Waals surface area contributed by atoms with Crippen LogP contribution >= 0.6 is 11.3 Å². The van der Waals surface area contributed by atoms with Gasteiger partial charge in [-0.05, 0) is 68.3 Å². The highest BCUT2D eigenvalue weighted by Crippen LogP contribution is 2.35. The normalized spacial score (nSPS) is 22.5. The van der Waals surface area contributed by atoms with Crippen LogP contribution in [0.2, 0.25) is 0 Å². The lowest BCUT2D eigenvalue weighted by Crippen LogP contribution is -2.26. The van der Waals surface area contributed by atoms with Crippen LogP contribution in [0.4, 0.5) is 0 Å². The van der Waals surface area contributed by atoms with Crippen molar-refractivity contribution in [3.05, 3.63) is 39.7 Å². The molecule has 1 aliphatic heterocycles. The van der Waals surface area contributed by atoms with Crippen LogP contribution in [0.25, 0.3) is 11.3 Å². The SMILES string of the molecule is C[C@H]1CCCc2cc(-c3csc(C4CCNCC4)n3)ccc21. The minimum Gasteiger partial charge on any atom is -0.317 e. The second kappa shape index (κ2) is 6.13. The summed E-state index contributed by atoms with van der Waals surface area (Å²) in [5, 5.41) is 7.03. The monoisotopic (exact) mass is 312 g/mol. The molecule has 3 heteroatoms. The molecule has 0 unspecified atom stereocenters. The van der Waals surface area contributed by atoms with Gasteiger partial charge in [-0.3, -0.25) is 0 Å². The molecule has 1 N–H and O–H groups in total. The topological polar surface area (TPSA) is 24.9 Å². The molecule has 0 radical (unpaired) electrons. The van der Waals surface area contributed by atoms with Crippen molar-refractivity contribution in [3.63, 3.8) is 0 Å². The van der Waals surface area contributed by atoms with Crippen LogP contribution in [0.1, 0.15) is 60.6 Å². The molecule has 2 nitrogen and oxygen atoms in total. The molecule has 0 bridgehead atoms. The van der Waals surface area contributed by atoms with E-state index in [-0.39, 0.29) is 0 Å². The van der Waals surface area contributed by atoms with E-state index in [1.807, 2.05) is 11.3 Å². The molecule has 22 heavy (non-hydrogen) atoms. The van der Waals surface area contributed by atoms with Crippen LogP contribution in [0, 0.1) is 0 Å². The van der Waals surface area contributed by atoms with Gasteiger partial charge >= 0.3 is 0 Å². The molecular weight excluding hydrogens is 288 g/mol. The number of rotatable bonds is 2. The van der Waals surface area contributed by atoms with Crippen LogP contribution in [0.3, 0.4) is 0 Å². The molecule has 1 aliphatic carbocycles. The highest BCUT2D eigenvalue weighted by molar-refractivity contribution is 7.10. The number of nitrogens with one attached hydrogen (secondary N) is 1. The van der Waals surface area contributed by atoms with Crippen molar-refractivity contribution in [2.24, 2.45) is 0 Å². The number of hydrogen-bond donors (Lipinski definition) is 1. The summed E-state index contributed by atoms with van der Waals surface area (Å²) < 4.78 is 0. The maximum atomic E-state index is 4.96. The zero-order chi connectivity index (χ0) is 14.9. The van der Waals surface area contributed by atoms with Crippen molar-refractivity contribution in [3.8, 4) is 11.3 Å². The first-order valence-electron chi connectivity index (χ1n) is 8.60. The highest BCUT2D eigenvalue weighted by Gasteiger charge is 2.20. The van der Waals surface area contributed by atoms with E-state index < -0.39 is 0 Å². The van der Waals surface area contributed by atoms with Crippen molar-refractivity contribution >= 4 is 11.3 Å². The maximum Gasteiger partial charge on any atom is 0.0964 e. The predicted octanol–water partition coefficient (Wildman–Crippen LogP) is 4.72. The number of aryl methyl sites for hydroxylation is 1. The van der Waals surface area contributed by atoms with Gasteiger partial charge in [0.1, 0.15) is 0 Å². The van der Waals surface area contributed by atoms with Crippen molar-refractivity contribution in [2.45, 2.75) is 50.9 Å².